The number of amides is 1. The Morgan fingerprint density at radius 1 is 0.925 bits per heavy atom. The highest BCUT2D eigenvalue weighted by Crippen LogP contribution is 2.42. The molecule has 6 heterocycles. The number of aromatic hydroxyl groups is 2. The molecule has 1 saturated heterocycles. The Balaban J connectivity index is 0.756. The number of carbonyl (C=O) groups excluding carboxylic acids is 2. The summed E-state index contributed by atoms with van der Waals surface area (Å²) in [7, 11) is 1.75. The predicted molar refractivity (Wildman–Crippen MR) is 252 cm³/mol. The lowest BCUT2D eigenvalue weighted by molar-refractivity contribution is -0.172. The third-order valence-electron chi connectivity index (χ3n) is 13.8. The molecule has 16 nitrogen and oxygen atoms in total. The molecule has 3 aromatic carbocycles. The van der Waals surface area contributed by atoms with Gasteiger partial charge in [-0.05, 0) is 104 Å². The highest BCUT2D eigenvalue weighted by Gasteiger charge is 2.45. The summed E-state index contributed by atoms with van der Waals surface area (Å²) in [6.45, 7) is 15.9. The summed E-state index contributed by atoms with van der Waals surface area (Å²) in [5.41, 5.74) is 5.47. The first-order valence-electron chi connectivity index (χ1n) is 23.3. The van der Waals surface area contributed by atoms with Gasteiger partial charge in [-0.15, -0.1) is 10.2 Å². The molecule has 0 spiro atoms. The predicted octanol–water partition coefficient (Wildman–Crippen LogP) is 6.76. The maximum absolute atomic E-state index is 13.7. The van der Waals surface area contributed by atoms with E-state index in [1.54, 1.807) is 41.6 Å². The van der Waals surface area contributed by atoms with E-state index >= 15 is 0 Å². The van der Waals surface area contributed by atoms with E-state index in [2.05, 4.69) is 44.3 Å². The van der Waals surface area contributed by atoms with Gasteiger partial charge in [-0.2, -0.15) is 0 Å². The molecule has 1 unspecified atom stereocenters. The molecule has 16 heteroatoms. The standard InChI is InChI=1S/C51H58N8O8/c1-7-35-37-23-34(15-16-42(37)52-46-39(35)28-58-43(46)25-41-40(48(58)62)29-66-49(63)51(41,65)8-2)67-50(64)55(6)17-9-10-18-56-19-21-57(22-20-56)27-32-11-13-33(14-12-32)59-31(5)53-54-47(59)38-24-36(30(3)4)44(60)26-45(38)61/h11-16,23-26,30,60-61,65H,7-10,17-22,27-29H2,1-6H3. The largest absolute Gasteiger partial charge is 0.508 e. The summed E-state index contributed by atoms with van der Waals surface area (Å²) in [6.07, 6.45) is 2.07. The van der Waals surface area contributed by atoms with Gasteiger partial charge in [0, 0.05) is 74.6 Å². The van der Waals surface area contributed by atoms with Crippen LogP contribution in [0.25, 0.3) is 39.4 Å². The van der Waals surface area contributed by atoms with Gasteiger partial charge < -0.3 is 39.2 Å². The van der Waals surface area contributed by atoms with Crippen molar-refractivity contribution in [2.24, 2.45) is 0 Å². The highest BCUT2D eigenvalue weighted by atomic mass is 16.6. The Morgan fingerprint density at radius 3 is 2.39 bits per heavy atom. The average molecular weight is 911 g/mol. The monoisotopic (exact) mass is 910 g/mol. The molecule has 3 aromatic heterocycles. The van der Waals surface area contributed by atoms with Gasteiger partial charge in [-0.25, -0.2) is 14.6 Å². The van der Waals surface area contributed by atoms with Crippen LogP contribution in [0.15, 0.2) is 65.5 Å². The molecule has 3 aliphatic rings. The maximum atomic E-state index is 13.7. The van der Waals surface area contributed by atoms with Crippen molar-refractivity contribution in [2.75, 3.05) is 46.3 Å². The van der Waals surface area contributed by atoms with E-state index in [1.807, 2.05) is 44.4 Å². The van der Waals surface area contributed by atoms with E-state index in [0.29, 0.717) is 59.4 Å². The number of ether oxygens (including phenoxy) is 2. The lowest BCUT2D eigenvalue weighted by Gasteiger charge is -2.34. The molecule has 0 aliphatic carbocycles. The van der Waals surface area contributed by atoms with Crippen molar-refractivity contribution in [1.29, 1.82) is 0 Å². The van der Waals surface area contributed by atoms with Crippen LogP contribution in [0.2, 0.25) is 0 Å². The molecule has 1 fully saturated rings. The number of unbranched alkanes of at least 4 members (excludes halogenated alkanes) is 1. The van der Waals surface area contributed by atoms with Crippen LogP contribution in [0.3, 0.4) is 0 Å². The molecule has 6 aromatic rings. The molecule has 3 N–H and O–H groups in total. The van der Waals surface area contributed by atoms with Crippen molar-refractivity contribution in [2.45, 2.75) is 91.5 Å². The van der Waals surface area contributed by atoms with Gasteiger partial charge in [0.1, 0.15) is 29.7 Å². The Morgan fingerprint density at radius 2 is 1.67 bits per heavy atom. The molecule has 0 radical (unpaired) electrons. The van der Waals surface area contributed by atoms with Crippen LogP contribution >= 0.6 is 0 Å². The fourth-order valence-corrected chi connectivity index (χ4v) is 9.82. The number of phenolic OH excluding ortho intramolecular Hbond substituents is 2. The second kappa shape index (κ2) is 18.2. The van der Waals surface area contributed by atoms with Crippen LogP contribution in [-0.4, -0.2) is 113 Å². The molecular formula is C51H58N8O8. The third-order valence-corrected chi connectivity index (χ3v) is 13.8. The van der Waals surface area contributed by atoms with E-state index in [4.69, 9.17) is 14.5 Å². The van der Waals surface area contributed by atoms with Gasteiger partial charge in [-0.1, -0.05) is 39.8 Å². The maximum Gasteiger partial charge on any atom is 0.414 e. The quantitative estimate of drug-likeness (QED) is 0.0814. The average Bonchev–Trinajstić information content (AvgIpc) is 3.89. The van der Waals surface area contributed by atoms with Crippen molar-refractivity contribution in [3.63, 3.8) is 0 Å². The number of phenols is 2. The van der Waals surface area contributed by atoms with Gasteiger partial charge >= 0.3 is 12.1 Å². The summed E-state index contributed by atoms with van der Waals surface area (Å²) in [4.78, 5) is 51.1. The molecule has 3 aliphatic heterocycles. The lowest BCUT2D eigenvalue weighted by Crippen LogP contribution is -2.46. The van der Waals surface area contributed by atoms with Gasteiger partial charge in [0.15, 0.2) is 11.4 Å². The smallest absolute Gasteiger partial charge is 0.414 e. The van der Waals surface area contributed by atoms with Crippen LogP contribution in [0.5, 0.6) is 17.2 Å². The first kappa shape index (κ1) is 45.5. The first-order chi connectivity index (χ1) is 32.2. The fourth-order valence-electron chi connectivity index (χ4n) is 9.82. The highest BCUT2D eigenvalue weighted by molar-refractivity contribution is 5.90. The van der Waals surface area contributed by atoms with E-state index in [0.717, 1.165) is 79.9 Å². The van der Waals surface area contributed by atoms with Crippen LogP contribution in [-0.2, 0) is 41.2 Å². The van der Waals surface area contributed by atoms with Gasteiger partial charge in [0.05, 0.1) is 34.6 Å². The number of pyridine rings is 2. The number of fused-ring (bicyclic) bond motifs is 5. The second-order valence-corrected chi connectivity index (χ2v) is 18.3. The number of nitrogens with zero attached hydrogens (tertiary/aromatic N) is 8. The zero-order valence-corrected chi connectivity index (χ0v) is 39.0. The SMILES string of the molecule is CCc1c2c(nc3ccc(OC(=O)N(C)CCCCN4CCN(Cc5ccc(-n6c(C)nnc6-c6cc(C(C)C)c(O)cc6O)cc5)CC4)cc13)-c1cc3c(c(=O)n1C2)COC(=O)C3(O)CC. The van der Waals surface area contributed by atoms with Crippen molar-refractivity contribution < 1.29 is 34.4 Å². The number of hydrogen-bond acceptors (Lipinski definition) is 13. The van der Waals surface area contributed by atoms with Gasteiger partial charge in [-0.3, -0.25) is 14.3 Å². The number of rotatable bonds is 13. The molecular weight excluding hydrogens is 853 g/mol. The van der Waals surface area contributed by atoms with E-state index in [-0.39, 0.29) is 47.1 Å². The number of esters is 1. The van der Waals surface area contributed by atoms with Crippen LogP contribution < -0.4 is 10.3 Å². The van der Waals surface area contributed by atoms with E-state index in [9.17, 15) is 29.7 Å². The molecule has 350 valence electrons. The summed E-state index contributed by atoms with van der Waals surface area (Å²) >= 11 is 0. The van der Waals surface area contributed by atoms with Crippen molar-refractivity contribution in [3.8, 4) is 45.7 Å². The van der Waals surface area contributed by atoms with Crippen LogP contribution in [0.1, 0.15) is 92.1 Å². The number of carbonyl (C=O) groups is 2. The first-order valence-corrected chi connectivity index (χ1v) is 23.3. The Kier molecular flexibility index (Phi) is 12.4. The summed E-state index contributed by atoms with van der Waals surface area (Å²) in [5.74, 6) is 0.935. The number of cyclic esters (lactones) is 1. The molecule has 0 bridgehead atoms. The minimum absolute atomic E-state index is 0.0496. The molecule has 1 amide bonds. The van der Waals surface area contributed by atoms with Crippen molar-refractivity contribution in [3.05, 3.63) is 110 Å². The summed E-state index contributed by atoms with van der Waals surface area (Å²) < 4.78 is 14.6. The van der Waals surface area contributed by atoms with Gasteiger partial charge in [0.25, 0.3) is 5.56 Å². The van der Waals surface area contributed by atoms with Crippen molar-refractivity contribution in [1.82, 2.24) is 39.0 Å². The Bertz CT molecular complexity index is 2950. The fraction of sp³-hybridized carbons (Fsp3) is 0.412. The molecule has 0 saturated carbocycles. The number of aliphatic hydroxyl groups is 1. The normalized spacial score (nSPS) is 17.1. The molecule has 67 heavy (non-hydrogen) atoms. The third kappa shape index (κ3) is 8.42. The summed E-state index contributed by atoms with van der Waals surface area (Å²) in [5, 5.41) is 41.9. The van der Waals surface area contributed by atoms with Gasteiger partial charge in [0.2, 0.25) is 0 Å². The van der Waals surface area contributed by atoms with Crippen LogP contribution in [0.4, 0.5) is 4.79 Å². The number of hydrogen-bond donors (Lipinski definition) is 3. The minimum atomic E-state index is -1.90. The zero-order valence-electron chi connectivity index (χ0n) is 39.0. The molecule has 1 atom stereocenters. The Labute approximate surface area is 389 Å². The minimum Gasteiger partial charge on any atom is -0.508 e. The van der Waals surface area contributed by atoms with E-state index < -0.39 is 17.7 Å². The topological polar surface area (TPSA) is 189 Å². The number of benzene rings is 3. The number of aromatic nitrogens is 5. The summed E-state index contributed by atoms with van der Waals surface area (Å²) in [6, 6.07) is 18.6. The Hall–Kier alpha value is -6.62. The number of aryl methyl sites for hydroxylation is 2. The zero-order chi connectivity index (χ0) is 47.3. The second-order valence-electron chi connectivity index (χ2n) is 18.3. The number of piperazine rings is 1. The van der Waals surface area contributed by atoms with E-state index in [1.165, 1.54) is 11.6 Å². The molecule has 9 rings (SSSR count). The lowest BCUT2D eigenvalue weighted by atomic mass is 9.86. The van der Waals surface area contributed by atoms with Crippen molar-refractivity contribution >= 4 is 23.0 Å². The van der Waals surface area contributed by atoms with Crippen LogP contribution in [0, 0.1) is 6.92 Å².